The van der Waals surface area contributed by atoms with E-state index in [1.54, 1.807) is 6.92 Å². The fourth-order valence-corrected chi connectivity index (χ4v) is 1.22. The molecule has 6 heteroatoms. The van der Waals surface area contributed by atoms with E-state index in [1.807, 2.05) is 6.07 Å². The number of nitrogens with zero attached hydrogens (tertiary/aromatic N) is 2. The average Bonchev–Trinajstić information content (AvgIpc) is 2.29. The molecule has 0 aliphatic heterocycles. The third-order valence-corrected chi connectivity index (χ3v) is 2.16. The van der Waals surface area contributed by atoms with Crippen molar-refractivity contribution >= 4 is 12.0 Å². The van der Waals surface area contributed by atoms with Crippen LogP contribution >= 0.6 is 0 Å². The fraction of sp³-hybridized carbons (Fsp3) is 0.545. The summed E-state index contributed by atoms with van der Waals surface area (Å²) in [6, 6.07) is 0.484. The Bertz CT molecular complexity index is 322. The first kappa shape index (κ1) is 15.0. The summed E-state index contributed by atoms with van der Waals surface area (Å²) in [6.45, 7) is 5.91. The fourth-order valence-electron chi connectivity index (χ4n) is 1.22. The smallest absolute Gasteiger partial charge is 0.326 e. The van der Waals surface area contributed by atoms with Gasteiger partial charge in [0.15, 0.2) is 0 Å². The Morgan fingerprint density at radius 1 is 1.65 bits per heavy atom. The number of nitrogens with one attached hydrogen (secondary N) is 1. The van der Waals surface area contributed by atoms with Crippen LogP contribution in [0.2, 0.25) is 0 Å². The second-order valence-electron chi connectivity index (χ2n) is 3.35. The molecule has 1 unspecified atom stereocenters. The molecule has 2 amide bonds. The highest BCUT2D eigenvalue weighted by Crippen LogP contribution is 1.97. The molecule has 0 fully saturated rings. The Kier molecular flexibility index (Phi) is 7.19. The average molecular weight is 239 g/mol. The maximum absolute atomic E-state index is 11.7. The van der Waals surface area contributed by atoms with Gasteiger partial charge in [-0.2, -0.15) is 5.26 Å². The molecule has 6 nitrogen and oxygen atoms in total. The zero-order valence-corrected chi connectivity index (χ0v) is 9.85. The summed E-state index contributed by atoms with van der Waals surface area (Å²) >= 11 is 0. The molecule has 0 spiro atoms. The van der Waals surface area contributed by atoms with Gasteiger partial charge in [-0.25, -0.2) is 9.59 Å². The summed E-state index contributed by atoms with van der Waals surface area (Å²) in [5, 5.41) is 19.7. The molecular weight excluding hydrogens is 222 g/mol. The van der Waals surface area contributed by atoms with Gasteiger partial charge in [-0.3, -0.25) is 0 Å². The van der Waals surface area contributed by atoms with Crippen molar-refractivity contribution in [1.82, 2.24) is 10.2 Å². The first-order chi connectivity index (χ1) is 8.06. The number of amides is 2. The maximum atomic E-state index is 11.7. The number of hydrogen-bond acceptors (Lipinski definition) is 3. The molecule has 0 saturated carbocycles. The number of urea groups is 1. The number of carbonyl (C=O) groups is 2. The standard InChI is InChI=1S/C11H17N3O3/c1-3-6-9(10(15)16)13-11(17)14(4-2)8-5-7-12/h3,9H,1,4-6,8H2,2H3,(H,13,17)(H,15,16). The molecule has 17 heavy (non-hydrogen) atoms. The van der Waals surface area contributed by atoms with Gasteiger partial charge in [-0.1, -0.05) is 6.08 Å². The zero-order chi connectivity index (χ0) is 13.3. The molecule has 0 aromatic rings. The van der Waals surface area contributed by atoms with Gasteiger partial charge in [0.25, 0.3) is 0 Å². The summed E-state index contributed by atoms with van der Waals surface area (Å²) in [4.78, 5) is 23.9. The zero-order valence-electron chi connectivity index (χ0n) is 9.85. The number of carbonyl (C=O) groups excluding carboxylic acids is 1. The molecule has 0 aliphatic carbocycles. The van der Waals surface area contributed by atoms with E-state index in [-0.39, 0.29) is 12.8 Å². The SMILES string of the molecule is C=CCC(NC(=O)N(CC)CCC#N)C(=O)O. The lowest BCUT2D eigenvalue weighted by Crippen LogP contribution is -2.48. The monoisotopic (exact) mass is 239 g/mol. The lowest BCUT2D eigenvalue weighted by atomic mass is 10.2. The van der Waals surface area contributed by atoms with Gasteiger partial charge in [0.2, 0.25) is 0 Å². The molecule has 0 rings (SSSR count). The Morgan fingerprint density at radius 2 is 2.29 bits per heavy atom. The van der Waals surface area contributed by atoms with Gasteiger partial charge < -0.3 is 15.3 Å². The van der Waals surface area contributed by atoms with E-state index in [4.69, 9.17) is 10.4 Å². The summed E-state index contributed by atoms with van der Waals surface area (Å²) in [5.41, 5.74) is 0. The van der Waals surface area contributed by atoms with Crippen LogP contribution in [0.1, 0.15) is 19.8 Å². The van der Waals surface area contributed by atoms with Crippen molar-refractivity contribution in [3.05, 3.63) is 12.7 Å². The van der Waals surface area contributed by atoms with Crippen molar-refractivity contribution in [1.29, 1.82) is 5.26 Å². The van der Waals surface area contributed by atoms with Crippen molar-refractivity contribution in [3.63, 3.8) is 0 Å². The Morgan fingerprint density at radius 3 is 2.71 bits per heavy atom. The van der Waals surface area contributed by atoms with Crippen LogP contribution in [0.3, 0.4) is 0 Å². The molecule has 0 bridgehead atoms. The third kappa shape index (κ3) is 5.56. The molecule has 0 radical (unpaired) electrons. The lowest BCUT2D eigenvalue weighted by molar-refractivity contribution is -0.139. The van der Waals surface area contributed by atoms with Crippen LogP contribution < -0.4 is 5.32 Å². The second kappa shape index (κ2) is 8.16. The van der Waals surface area contributed by atoms with Crippen LogP contribution in [-0.4, -0.2) is 41.1 Å². The van der Waals surface area contributed by atoms with Crippen molar-refractivity contribution in [2.45, 2.75) is 25.8 Å². The first-order valence-corrected chi connectivity index (χ1v) is 5.32. The lowest BCUT2D eigenvalue weighted by Gasteiger charge is -2.22. The molecule has 0 aromatic heterocycles. The van der Waals surface area contributed by atoms with Crippen molar-refractivity contribution in [3.8, 4) is 6.07 Å². The van der Waals surface area contributed by atoms with Gasteiger partial charge in [0.05, 0.1) is 12.5 Å². The number of hydrogen-bond donors (Lipinski definition) is 2. The van der Waals surface area contributed by atoms with E-state index < -0.39 is 18.0 Å². The highest BCUT2D eigenvalue weighted by atomic mass is 16.4. The molecular formula is C11H17N3O3. The van der Waals surface area contributed by atoms with Crippen LogP contribution in [0.4, 0.5) is 4.79 Å². The number of aliphatic carboxylic acids is 1. The Balaban J connectivity index is 4.41. The van der Waals surface area contributed by atoms with Crippen LogP contribution in [-0.2, 0) is 4.79 Å². The van der Waals surface area contributed by atoms with Crippen molar-refractivity contribution in [2.75, 3.05) is 13.1 Å². The number of nitriles is 1. The molecule has 0 heterocycles. The minimum atomic E-state index is -1.10. The molecule has 0 saturated heterocycles. The summed E-state index contributed by atoms with van der Waals surface area (Å²) in [6.07, 6.45) is 1.82. The second-order valence-corrected chi connectivity index (χ2v) is 3.35. The van der Waals surface area contributed by atoms with Crippen LogP contribution in [0.5, 0.6) is 0 Å². The van der Waals surface area contributed by atoms with E-state index >= 15 is 0 Å². The van der Waals surface area contributed by atoms with Gasteiger partial charge in [-0.15, -0.1) is 6.58 Å². The minimum absolute atomic E-state index is 0.164. The quantitative estimate of drug-likeness (QED) is 0.647. The van der Waals surface area contributed by atoms with Gasteiger partial charge in [-0.05, 0) is 13.3 Å². The Hall–Kier alpha value is -2.03. The Labute approximate surface area is 101 Å². The van der Waals surface area contributed by atoms with Gasteiger partial charge >= 0.3 is 12.0 Å². The van der Waals surface area contributed by atoms with E-state index in [2.05, 4.69) is 11.9 Å². The highest BCUT2D eigenvalue weighted by molar-refractivity contribution is 5.82. The predicted octanol–water partition coefficient (Wildman–Crippen LogP) is 0.961. The van der Waals surface area contributed by atoms with Crippen LogP contribution in [0.15, 0.2) is 12.7 Å². The molecule has 0 aromatic carbocycles. The van der Waals surface area contributed by atoms with Gasteiger partial charge in [0.1, 0.15) is 6.04 Å². The van der Waals surface area contributed by atoms with E-state index in [0.29, 0.717) is 13.1 Å². The van der Waals surface area contributed by atoms with Crippen LogP contribution in [0.25, 0.3) is 0 Å². The molecule has 94 valence electrons. The largest absolute Gasteiger partial charge is 0.480 e. The van der Waals surface area contributed by atoms with E-state index in [0.717, 1.165) is 0 Å². The normalized spacial score (nSPS) is 11.1. The van der Waals surface area contributed by atoms with Crippen LogP contribution in [0, 0.1) is 11.3 Å². The molecule has 2 N–H and O–H groups in total. The first-order valence-electron chi connectivity index (χ1n) is 5.32. The van der Waals surface area contributed by atoms with E-state index in [9.17, 15) is 9.59 Å². The predicted molar refractivity (Wildman–Crippen MR) is 62.2 cm³/mol. The van der Waals surface area contributed by atoms with Crippen molar-refractivity contribution < 1.29 is 14.7 Å². The minimum Gasteiger partial charge on any atom is -0.480 e. The number of carboxylic acid groups (broad SMARTS) is 1. The van der Waals surface area contributed by atoms with Crippen molar-refractivity contribution in [2.24, 2.45) is 0 Å². The molecule has 0 aliphatic rings. The summed E-state index contributed by atoms with van der Waals surface area (Å²) in [7, 11) is 0. The topological polar surface area (TPSA) is 93.4 Å². The number of carboxylic acids is 1. The maximum Gasteiger partial charge on any atom is 0.326 e. The number of rotatable bonds is 7. The summed E-state index contributed by atoms with van der Waals surface area (Å²) < 4.78 is 0. The van der Waals surface area contributed by atoms with E-state index in [1.165, 1.54) is 11.0 Å². The summed E-state index contributed by atoms with van der Waals surface area (Å²) in [5.74, 6) is -1.10. The van der Waals surface area contributed by atoms with Gasteiger partial charge in [0, 0.05) is 13.1 Å². The highest BCUT2D eigenvalue weighted by Gasteiger charge is 2.20. The molecule has 1 atom stereocenters. The third-order valence-electron chi connectivity index (χ3n) is 2.16.